The number of nitrogens with two attached hydrogens (primary N) is 1. The monoisotopic (exact) mass is 283 g/mol. The summed E-state index contributed by atoms with van der Waals surface area (Å²) < 4.78 is 1.19. The van der Waals surface area contributed by atoms with E-state index in [1.165, 1.54) is 21.4 Å². The van der Waals surface area contributed by atoms with Gasteiger partial charge in [0.15, 0.2) is 0 Å². The second kappa shape index (κ2) is 5.32. The Bertz CT molecular complexity index is 728. The summed E-state index contributed by atoms with van der Waals surface area (Å²) >= 11 is 1.70. The molecule has 3 rings (SSSR count). The summed E-state index contributed by atoms with van der Waals surface area (Å²) in [5, 5.41) is 2.06. The van der Waals surface area contributed by atoms with Crippen molar-refractivity contribution in [1.82, 2.24) is 10.4 Å². The predicted molar refractivity (Wildman–Crippen MR) is 84.7 cm³/mol. The maximum Gasteiger partial charge on any atom is 0.0809 e. The van der Waals surface area contributed by atoms with Crippen molar-refractivity contribution in [2.24, 2.45) is 5.84 Å². The van der Waals surface area contributed by atoms with Crippen LogP contribution in [-0.2, 0) is 0 Å². The summed E-state index contributed by atoms with van der Waals surface area (Å²) in [6.45, 7) is 4.20. The molecule has 0 amide bonds. The zero-order valence-electron chi connectivity index (χ0n) is 11.6. The summed E-state index contributed by atoms with van der Waals surface area (Å²) in [5.41, 5.74) is 8.69. The van der Waals surface area contributed by atoms with Crippen LogP contribution in [-0.4, -0.2) is 4.98 Å². The molecule has 20 heavy (non-hydrogen) atoms. The Morgan fingerprint density at radius 3 is 2.55 bits per heavy atom. The van der Waals surface area contributed by atoms with Gasteiger partial charge >= 0.3 is 0 Å². The Balaban J connectivity index is 2.07. The molecule has 2 aromatic heterocycles. The third-order valence-electron chi connectivity index (χ3n) is 3.40. The largest absolute Gasteiger partial charge is 0.271 e. The lowest BCUT2D eigenvalue weighted by Gasteiger charge is -2.18. The van der Waals surface area contributed by atoms with Crippen molar-refractivity contribution in [3.63, 3.8) is 0 Å². The molecule has 3 aromatic rings. The third-order valence-corrected chi connectivity index (χ3v) is 4.25. The Morgan fingerprint density at radius 1 is 1.10 bits per heavy atom. The summed E-state index contributed by atoms with van der Waals surface area (Å²) in [7, 11) is 0. The molecule has 0 fully saturated rings. The normalized spacial score (nSPS) is 12.8. The van der Waals surface area contributed by atoms with Crippen molar-refractivity contribution >= 4 is 21.6 Å². The van der Waals surface area contributed by atoms with E-state index in [-0.39, 0.29) is 6.04 Å². The number of aromatic nitrogens is 1. The smallest absolute Gasteiger partial charge is 0.0809 e. The van der Waals surface area contributed by atoms with Gasteiger partial charge in [0.1, 0.15) is 0 Å². The second-order valence-electron chi connectivity index (χ2n) is 5.09. The Labute approximate surface area is 122 Å². The van der Waals surface area contributed by atoms with Gasteiger partial charge in [0.2, 0.25) is 0 Å². The van der Waals surface area contributed by atoms with Gasteiger partial charge in [0, 0.05) is 6.20 Å². The van der Waals surface area contributed by atoms with E-state index in [1.807, 2.05) is 12.3 Å². The lowest BCUT2D eigenvalue weighted by Crippen LogP contribution is -2.29. The molecule has 3 nitrogen and oxygen atoms in total. The maximum atomic E-state index is 5.78. The van der Waals surface area contributed by atoms with Gasteiger partial charge in [-0.25, -0.2) is 5.43 Å². The number of nitrogens with zero attached hydrogens (tertiary/aromatic N) is 1. The predicted octanol–water partition coefficient (Wildman–Crippen LogP) is 3.47. The van der Waals surface area contributed by atoms with Crippen LogP contribution in [0.1, 0.15) is 28.3 Å². The van der Waals surface area contributed by atoms with Gasteiger partial charge in [-0.3, -0.25) is 10.8 Å². The van der Waals surface area contributed by atoms with Gasteiger partial charge in [-0.05, 0) is 42.5 Å². The highest BCUT2D eigenvalue weighted by Crippen LogP contribution is 2.27. The molecule has 0 aliphatic heterocycles. The van der Waals surface area contributed by atoms with Crippen LogP contribution >= 0.6 is 11.3 Å². The first-order valence-electron chi connectivity index (χ1n) is 6.55. The van der Waals surface area contributed by atoms with E-state index in [4.69, 9.17) is 5.84 Å². The molecule has 102 valence electrons. The van der Waals surface area contributed by atoms with E-state index in [0.717, 1.165) is 11.1 Å². The SMILES string of the molecule is Cc1cc(C)cc(C(NN)c2cnc3ccsc3c2)c1. The number of hydrazine groups is 1. The number of rotatable bonds is 3. The second-order valence-corrected chi connectivity index (χ2v) is 6.04. The van der Waals surface area contributed by atoms with Crippen LogP contribution in [0.3, 0.4) is 0 Å². The van der Waals surface area contributed by atoms with E-state index in [2.05, 4.69) is 53.9 Å². The lowest BCUT2D eigenvalue weighted by molar-refractivity contribution is 0.635. The van der Waals surface area contributed by atoms with Crippen LogP contribution in [0.5, 0.6) is 0 Å². The number of hydrogen-bond donors (Lipinski definition) is 2. The molecule has 1 unspecified atom stereocenters. The molecule has 0 saturated carbocycles. The maximum absolute atomic E-state index is 5.78. The van der Waals surface area contributed by atoms with Crippen molar-refractivity contribution in [3.05, 3.63) is 64.2 Å². The van der Waals surface area contributed by atoms with Gasteiger partial charge in [-0.1, -0.05) is 29.3 Å². The molecular formula is C16H17N3S. The number of fused-ring (bicyclic) bond motifs is 1. The fourth-order valence-electron chi connectivity index (χ4n) is 2.58. The van der Waals surface area contributed by atoms with Gasteiger partial charge in [-0.2, -0.15) is 0 Å². The summed E-state index contributed by atoms with van der Waals surface area (Å²) in [4.78, 5) is 4.50. The van der Waals surface area contributed by atoms with E-state index in [1.54, 1.807) is 11.3 Å². The third kappa shape index (κ3) is 2.45. The number of benzene rings is 1. The van der Waals surface area contributed by atoms with Gasteiger partial charge in [0.05, 0.1) is 16.3 Å². The molecule has 1 aromatic carbocycles. The fraction of sp³-hybridized carbons (Fsp3) is 0.188. The summed E-state index contributed by atoms with van der Waals surface area (Å²) in [5.74, 6) is 5.78. The molecule has 0 aliphatic rings. The molecule has 3 N–H and O–H groups in total. The standard InChI is InChI=1S/C16H17N3S/c1-10-5-11(2)7-12(6-10)16(19-17)13-8-15-14(18-9-13)3-4-20-15/h3-9,16,19H,17H2,1-2H3. The molecule has 0 bridgehead atoms. The number of hydrogen-bond acceptors (Lipinski definition) is 4. The highest BCUT2D eigenvalue weighted by Gasteiger charge is 2.14. The minimum Gasteiger partial charge on any atom is -0.271 e. The molecule has 4 heteroatoms. The Morgan fingerprint density at radius 2 is 1.85 bits per heavy atom. The fourth-order valence-corrected chi connectivity index (χ4v) is 3.37. The summed E-state index contributed by atoms with van der Waals surface area (Å²) in [6, 6.07) is 10.7. The molecule has 2 heterocycles. The molecule has 0 spiro atoms. The van der Waals surface area contributed by atoms with Crippen LogP contribution in [0.15, 0.2) is 41.9 Å². The molecule has 0 radical (unpaired) electrons. The lowest BCUT2D eigenvalue weighted by atomic mass is 9.97. The number of aryl methyl sites for hydroxylation is 2. The van der Waals surface area contributed by atoms with Crippen molar-refractivity contribution < 1.29 is 0 Å². The van der Waals surface area contributed by atoms with Gasteiger partial charge < -0.3 is 0 Å². The average molecular weight is 283 g/mol. The van der Waals surface area contributed by atoms with Gasteiger partial charge in [0.25, 0.3) is 0 Å². The van der Waals surface area contributed by atoms with E-state index >= 15 is 0 Å². The first kappa shape index (κ1) is 13.2. The Kier molecular flexibility index (Phi) is 3.53. The highest BCUT2D eigenvalue weighted by molar-refractivity contribution is 7.17. The molecule has 1 atom stereocenters. The van der Waals surface area contributed by atoms with E-state index in [9.17, 15) is 0 Å². The van der Waals surface area contributed by atoms with Crippen LogP contribution < -0.4 is 11.3 Å². The van der Waals surface area contributed by atoms with Crippen LogP contribution in [0.25, 0.3) is 10.2 Å². The van der Waals surface area contributed by atoms with Crippen LogP contribution in [0.4, 0.5) is 0 Å². The van der Waals surface area contributed by atoms with Gasteiger partial charge in [-0.15, -0.1) is 11.3 Å². The quantitative estimate of drug-likeness (QED) is 0.571. The highest BCUT2D eigenvalue weighted by atomic mass is 32.1. The minimum atomic E-state index is -0.0346. The Hall–Kier alpha value is -1.75. The van der Waals surface area contributed by atoms with E-state index in [0.29, 0.717) is 0 Å². The number of thiophene rings is 1. The summed E-state index contributed by atoms with van der Waals surface area (Å²) in [6.07, 6.45) is 1.90. The van der Waals surface area contributed by atoms with Crippen molar-refractivity contribution in [2.45, 2.75) is 19.9 Å². The van der Waals surface area contributed by atoms with E-state index < -0.39 is 0 Å². The zero-order chi connectivity index (χ0) is 14.1. The topological polar surface area (TPSA) is 50.9 Å². The van der Waals surface area contributed by atoms with Crippen molar-refractivity contribution in [3.8, 4) is 0 Å². The van der Waals surface area contributed by atoms with Crippen molar-refractivity contribution in [2.75, 3.05) is 0 Å². The van der Waals surface area contributed by atoms with Crippen molar-refractivity contribution in [1.29, 1.82) is 0 Å². The van der Waals surface area contributed by atoms with Crippen LogP contribution in [0.2, 0.25) is 0 Å². The molecule has 0 saturated heterocycles. The first-order valence-corrected chi connectivity index (χ1v) is 7.43. The molecular weight excluding hydrogens is 266 g/mol. The minimum absolute atomic E-state index is 0.0346. The first-order chi connectivity index (χ1) is 9.67. The average Bonchev–Trinajstić information content (AvgIpc) is 2.86. The number of nitrogens with one attached hydrogen (secondary N) is 1. The molecule has 0 aliphatic carbocycles. The van der Waals surface area contributed by atoms with Crippen LogP contribution in [0, 0.1) is 13.8 Å². The number of pyridine rings is 1. The zero-order valence-corrected chi connectivity index (χ0v) is 12.4.